The summed E-state index contributed by atoms with van der Waals surface area (Å²) in [6.07, 6.45) is 6.44. The second-order valence-corrected chi connectivity index (χ2v) is 5.11. The molecule has 1 aromatic rings. The molecule has 1 fully saturated rings. The molecule has 0 atom stereocenters. The zero-order valence-electron chi connectivity index (χ0n) is 12.0. The Morgan fingerprint density at radius 3 is 2.90 bits per heavy atom. The molecule has 2 rings (SSSR count). The van der Waals surface area contributed by atoms with Crippen molar-refractivity contribution in [3.63, 3.8) is 0 Å². The number of aromatic nitrogens is 1. The summed E-state index contributed by atoms with van der Waals surface area (Å²) in [5.41, 5.74) is 1.41. The van der Waals surface area contributed by atoms with Crippen molar-refractivity contribution in [1.82, 2.24) is 10.3 Å². The molecule has 5 nitrogen and oxygen atoms in total. The number of carbonyl (C=O) groups excluding carboxylic acids is 1. The largest absolute Gasteiger partial charge is 0.395 e. The van der Waals surface area contributed by atoms with E-state index in [4.69, 9.17) is 0 Å². The molecule has 0 saturated heterocycles. The summed E-state index contributed by atoms with van der Waals surface area (Å²) < 4.78 is 0. The average molecular weight is 277 g/mol. The number of carbonyl (C=O) groups is 1. The first kappa shape index (κ1) is 14.8. The molecule has 1 heterocycles. The molecular weight excluding hydrogens is 254 g/mol. The van der Waals surface area contributed by atoms with Gasteiger partial charge in [-0.3, -0.25) is 9.78 Å². The van der Waals surface area contributed by atoms with Crippen LogP contribution in [0.1, 0.15) is 43.1 Å². The molecule has 0 unspecified atom stereocenters. The highest BCUT2D eigenvalue weighted by Gasteiger charge is 2.23. The van der Waals surface area contributed by atoms with Crippen LogP contribution in [0.5, 0.6) is 0 Å². The highest BCUT2D eigenvalue weighted by molar-refractivity contribution is 5.93. The maximum absolute atomic E-state index is 11.9. The molecule has 0 aliphatic heterocycles. The summed E-state index contributed by atoms with van der Waals surface area (Å²) in [6, 6.07) is 4.20. The third kappa shape index (κ3) is 3.48. The summed E-state index contributed by atoms with van der Waals surface area (Å²) in [4.78, 5) is 18.2. The van der Waals surface area contributed by atoms with Gasteiger partial charge in [-0.1, -0.05) is 12.8 Å². The van der Waals surface area contributed by atoms with Crippen molar-refractivity contribution in [2.24, 2.45) is 0 Å². The fourth-order valence-electron chi connectivity index (χ4n) is 2.82. The van der Waals surface area contributed by atoms with E-state index in [-0.39, 0.29) is 12.5 Å². The smallest absolute Gasteiger partial charge is 0.269 e. The summed E-state index contributed by atoms with van der Waals surface area (Å²) >= 11 is 0. The lowest BCUT2D eigenvalue weighted by Crippen LogP contribution is -2.36. The topological polar surface area (TPSA) is 65.5 Å². The molecule has 110 valence electrons. The van der Waals surface area contributed by atoms with E-state index in [9.17, 15) is 9.90 Å². The van der Waals surface area contributed by atoms with Crippen molar-refractivity contribution in [2.45, 2.75) is 38.6 Å². The maximum atomic E-state index is 11.9. The van der Waals surface area contributed by atoms with E-state index in [0.29, 0.717) is 24.8 Å². The van der Waals surface area contributed by atoms with E-state index in [2.05, 4.69) is 15.2 Å². The number of amides is 1. The van der Waals surface area contributed by atoms with Crippen LogP contribution in [0.25, 0.3) is 0 Å². The highest BCUT2D eigenvalue weighted by atomic mass is 16.3. The molecule has 1 saturated carbocycles. The Hall–Kier alpha value is -1.62. The molecule has 0 radical (unpaired) electrons. The van der Waals surface area contributed by atoms with Gasteiger partial charge in [0.15, 0.2) is 0 Å². The molecular formula is C15H23N3O2. The van der Waals surface area contributed by atoms with Crippen LogP contribution < -0.4 is 10.2 Å². The predicted molar refractivity (Wildman–Crippen MR) is 78.9 cm³/mol. The third-order valence-electron chi connectivity index (χ3n) is 3.75. The van der Waals surface area contributed by atoms with E-state index in [0.717, 1.165) is 18.5 Å². The van der Waals surface area contributed by atoms with Gasteiger partial charge >= 0.3 is 0 Å². The minimum absolute atomic E-state index is 0.120. The summed E-state index contributed by atoms with van der Waals surface area (Å²) in [6.45, 7) is 3.20. The van der Waals surface area contributed by atoms with Crippen LogP contribution in [0, 0.1) is 0 Å². The number of aliphatic hydroxyl groups is 1. The van der Waals surface area contributed by atoms with E-state index < -0.39 is 0 Å². The Morgan fingerprint density at radius 2 is 2.25 bits per heavy atom. The highest BCUT2D eigenvalue weighted by Crippen LogP contribution is 2.28. The number of aliphatic hydroxyl groups excluding tert-OH is 1. The molecule has 2 N–H and O–H groups in total. The first-order valence-electron chi connectivity index (χ1n) is 7.38. The van der Waals surface area contributed by atoms with Crippen LogP contribution in [0.3, 0.4) is 0 Å². The van der Waals surface area contributed by atoms with E-state index in [1.807, 2.05) is 19.1 Å². The van der Waals surface area contributed by atoms with Gasteiger partial charge in [-0.15, -0.1) is 0 Å². The zero-order chi connectivity index (χ0) is 14.4. The number of hydrogen-bond donors (Lipinski definition) is 2. The van der Waals surface area contributed by atoms with Crippen molar-refractivity contribution in [2.75, 3.05) is 24.6 Å². The number of rotatable bonds is 6. The van der Waals surface area contributed by atoms with Gasteiger partial charge in [0.05, 0.1) is 6.61 Å². The summed E-state index contributed by atoms with van der Waals surface area (Å²) in [7, 11) is 0. The molecule has 1 amide bonds. The van der Waals surface area contributed by atoms with Crippen molar-refractivity contribution in [3.05, 3.63) is 24.0 Å². The fourth-order valence-corrected chi connectivity index (χ4v) is 2.82. The van der Waals surface area contributed by atoms with E-state index in [1.54, 1.807) is 6.20 Å². The lowest BCUT2D eigenvalue weighted by molar-refractivity contribution is 0.0951. The monoisotopic (exact) mass is 277 g/mol. The first-order chi connectivity index (χ1) is 9.76. The molecule has 1 aromatic heterocycles. The normalized spacial score (nSPS) is 15.3. The second kappa shape index (κ2) is 7.24. The van der Waals surface area contributed by atoms with Crippen LogP contribution in [0.2, 0.25) is 0 Å². The van der Waals surface area contributed by atoms with Gasteiger partial charge in [-0.2, -0.15) is 0 Å². The standard InChI is InChI=1S/C15H23N3O2/c1-2-16-15(20)14-11-13(7-8-17-14)18(9-10-19)12-5-3-4-6-12/h7-8,11-12,19H,2-6,9-10H2,1H3,(H,16,20). The second-order valence-electron chi connectivity index (χ2n) is 5.11. The Bertz CT molecular complexity index is 444. The number of anilines is 1. The van der Waals surface area contributed by atoms with Crippen LogP contribution in [0.4, 0.5) is 5.69 Å². The number of hydrogen-bond acceptors (Lipinski definition) is 4. The average Bonchev–Trinajstić information content (AvgIpc) is 2.99. The van der Waals surface area contributed by atoms with Crippen molar-refractivity contribution < 1.29 is 9.90 Å². The fraction of sp³-hybridized carbons (Fsp3) is 0.600. The van der Waals surface area contributed by atoms with Gasteiger partial charge in [-0.25, -0.2) is 0 Å². The Labute approximate surface area is 120 Å². The van der Waals surface area contributed by atoms with Crippen molar-refractivity contribution >= 4 is 11.6 Å². The lowest BCUT2D eigenvalue weighted by Gasteiger charge is -2.30. The van der Waals surface area contributed by atoms with Gasteiger partial charge in [0, 0.05) is 31.0 Å². The Morgan fingerprint density at radius 1 is 1.50 bits per heavy atom. The van der Waals surface area contributed by atoms with Gasteiger partial charge in [0.1, 0.15) is 5.69 Å². The number of nitrogens with one attached hydrogen (secondary N) is 1. The quantitative estimate of drug-likeness (QED) is 0.828. The molecule has 1 aliphatic rings. The minimum atomic E-state index is -0.148. The van der Waals surface area contributed by atoms with Gasteiger partial charge < -0.3 is 15.3 Å². The van der Waals surface area contributed by atoms with Crippen LogP contribution in [-0.2, 0) is 0 Å². The molecule has 0 spiro atoms. The molecule has 0 bridgehead atoms. The van der Waals surface area contributed by atoms with Crippen molar-refractivity contribution in [1.29, 1.82) is 0 Å². The maximum Gasteiger partial charge on any atom is 0.269 e. The molecule has 20 heavy (non-hydrogen) atoms. The number of nitrogens with zero attached hydrogens (tertiary/aromatic N) is 2. The van der Waals surface area contributed by atoms with Crippen LogP contribution in [-0.4, -0.2) is 41.7 Å². The first-order valence-corrected chi connectivity index (χ1v) is 7.38. The molecule has 5 heteroatoms. The molecule has 0 aromatic carbocycles. The van der Waals surface area contributed by atoms with E-state index in [1.165, 1.54) is 12.8 Å². The van der Waals surface area contributed by atoms with Crippen molar-refractivity contribution in [3.8, 4) is 0 Å². The van der Waals surface area contributed by atoms with Gasteiger partial charge in [0.25, 0.3) is 5.91 Å². The third-order valence-corrected chi connectivity index (χ3v) is 3.75. The minimum Gasteiger partial charge on any atom is -0.395 e. The lowest BCUT2D eigenvalue weighted by atomic mass is 10.1. The SMILES string of the molecule is CCNC(=O)c1cc(N(CCO)C2CCCC2)ccn1. The molecule has 1 aliphatic carbocycles. The van der Waals surface area contributed by atoms with Crippen LogP contribution >= 0.6 is 0 Å². The summed E-state index contributed by atoms with van der Waals surface area (Å²) in [5.74, 6) is -0.148. The van der Waals surface area contributed by atoms with E-state index >= 15 is 0 Å². The Kier molecular flexibility index (Phi) is 5.35. The Balaban J connectivity index is 2.19. The summed E-state index contributed by atoms with van der Waals surface area (Å²) in [5, 5.41) is 12.0. The number of pyridine rings is 1. The van der Waals surface area contributed by atoms with Gasteiger partial charge in [0.2, 0.25) is 0 Å². The zero-order valence-corrected chi connectivity index (χ0v) is 12.0. The van der Waals surface area contributed by atoms with Crippen LogP contribution in [0.15, 0.2) is 18.3 Å². The predicted octanol–water partition coefficient (Wildman–Crippen LogP) is 1.57. The van der Waals surface area contributed by atoms with Gasteiger partial charge in [-0.05, 0) is 31.9 Å².